The lowest BCUT2D eigenvalue weighted by Gasteiger charge is -2.18. The summed E-state index contributed by atoms with van der Waals surface area (Å²) in [6.45, 7) is -2.97. The third-order valence-electron chi connectivity index (χ3n) is 4.80. The van der Waals surface area contributed by atoms with Crippen molar-refractivity contribution in [3.8, 4) is 5.75 Å². The van der Waals surface area contributed by atoms with Crippen LogP contribution in [-0.4, -0.2) is 30.8 Å². The molecule has 0 bridgehead atoms. The molecule has 0 unspecified atom stereocenters. The highest BCUT2D eigenvalue weighted by Gasteiger charge is 2.32. The van der Waals surface area contributed by atoms with Crippen molar-refractivity contribution in [3.05, 3.63) is 87.4 Å². The molecule has 1 amide bonds. The summed E-state index contributed by atoms with van der Waals surface area (Å²) >= 11 is 13.4. The van der Waals surface area contributed by atoms with Crippen LogP contribution >= 0.6 is 35.0 Å². The number of carbonyl (C=O) groups excluding carboxylic acids is 2. The van der Waals surface area contributed by atoms with Gasteiger partial charge in [0.15, 0.2) is 5.17 Å². The lowest BCUT2D eigenvalue weighted by molar-refractivity contribution is -0.113. The van der Waals surface area contributed by atoms with Crippen LogP contribution in [0, 0.1) is 0 Å². The predicted molar refractivity (Wildman–Crippen MR) is 134 cm³/mol. The largest absolute Gasteiger partial charge is 0.463 e. The molecule has 0 saturated heterocycles. The average Bonchev–Trinajstić information content (AvgIpc) is 3.44. The standard InChI is InChI=1S/C24H16Cl2F2N2O5S/c1-33-22(32)20-9-8-17(34-20)12-36-24-29-19(10-13-2-3-14(25)11-18(13)26)21(31)30(24)15-4-6-16(7-5-15)35-23(27)28/h2-11,23H,12H2,1H3. The molecular weight excluding hydrogens is 537 g/mol. The number of ether oxygens (including phenoxy) is 2. The SMILES string of the molecule is COC(=O)c1ccc(CSC2=NC(=Cc3ccc(Cl)cc3Cl)C(=O)N2c2ccc(OC(F)F)cc2)o1. The number of methoxy groups -OCH3 is 1. The molecule has 0 atom stereocenters. The van der Waals surface area contributed by atoms with Crippen LogP contribution in [0.25, 0.3) is 6.08 Å². The highest BCUT2D eigenvalue weighted by atomic mass is 35.5. The van der Waals surface area contributed by atoms with Gasteiger partial charge in [-0.2, -0.15) is 8.78 Å². The van der Waals surface area contributed by atoms with Crippen molar-refractivity contribution in [1.82, 2.24) is 0 Å². The number of nitrogens with zero attached hydrogens (tertiary/aromatic N) is 2. The van der Waals surface area contributed by atoms with Gasteiger partial charge in [0.05, 0.1) is 18.6 Å². The second-order valence-corrected chi connectivity index (χ2v) is 8.94. The zero-order valence-corrected chi connectivity index (χ0v) is 20.7. The van der Waals surface area contributed by atoms with E-state index in [-0.39, 0.29) is 23.0 Å². The van der Waals surface area contributed by atoms with E-state index in [1.54, 1.807) is 24.3 Å². The monoisotopic (exact) mass is 552 g/mol. The van der Waals surface area contributed by atoms with Gasteiger partial charge in [-0.15, -0.1) is 0 Å². The number of benzene rings is 2. The van der Waals surface area contributed by atoms with Gasteiger partial charge in [-0.05, 0) is 60.2 Å². The number of amidine groups is 1. The summed E-state index contributed by atoms with van der Waals surface area (Å²) in [5, 5.41) is 1.08. The van der Waals surface area contributed by atoms with Gasteiger partial charge in [0, 0.05) is 10.0 Å². The Hall–Kier alpha value is -3.34. The summed E-state index contributed by atoms with van der Waals surface area (Å²) < 4.78 is 39.6. The maximum absolute atomic E-state index is 13.3. The molecule has 0 radical (unpaired) electrons. The highest BCUT2D eigenvalue weighted by Crippen LogP contribution is 2.33. The molecule has 1 aromatic heterocycles. The van der Waals surface area contributed by atoms with Gasteiger partial charge in [-0.25, -0.2) is 9.79 Å². The molecule has 4 rings (SSSR count). The molecule has 0 aliphatic carbocycles. The van der Waals surface area contributed by atoms with Crippen molar-refractivity contribution in [2.75, 3.05) is 12.0 Å². The van der Waals surface area contributed by atoms with Gasteiger partial charge < -0.3 is 13.9 Å². The summed E-state index contributed by atoms with van der Waals surface area (Å²) in [7, 11) is 1.24. The molecule has 0 saturated carbocycles. The Morgan fingerprint density at radius 3 is 2.58 bits per heavy atom. The number of anilines is 1. The lowest BCUT2D eigenvalue weighted by atomic mass is 10.2. The number of carbonyl (C=O) groups is 2. The molecule has 2 heterocycles. The first-order valence-corrected chi connectivity index (χ1v) is 11.9. The lowest BCUT2D eigenvalue weighted by Crippen LogP contribution is -2.30. The van der Waals surface area contributed by atoms with Crippen molar-refractivity contribution in [1.29, 1.82) is 0 Å². The summed E-state index contributed by atoms with van der Waals surface area (Å²) in [6, 6.07) is 13.5. The molecule has 1 aliphatic rings. The number of aliphatic imine (C=N–C) groups is 1. The van der Waals surface area contributed by atoms with E-state index in [2.05, 4.69) is 14.5 Å². The molecule has 0 spiro atoms. The number of rotatable bonds is 7. The second kappa shape index (κ2) is 11.2. The second-order valence-electron chi connectivity index (χ2n) is 7.15. The molecule has 7 nitrogen and oxygen atoms in total. The Morgan fingerprint density at radius 1 is 1.17 bits per heavy atom. The third kappa shape index (κ3) is 5.89. The van der Waals surface area contributed by atoms with E-state index in [0.29, 0.717) is 32.2 Å². The van der Waals surface area contributed by atoms with Crippen LogP contribution in [0.1, 0.15) is 21.9 Å². The Kier molecular flexibility index (Phi) is 7.97. The van der Waals surface area contributed by atoms with Gasteiger partial charge in [0.2, 0.25) is 5.76 Å². The van der Waals surface area contributed by atoms with E-state index in [1.807, 2.05) is 0 Å². The van der Waals surface area contributed by atoms with Gasteiger partial charge >= 0.3 is 12.6 Å². The highest BCUT2D eigenvalue weighted by molar-refractivity contribution is 8.13. The fourth-order valence-corrected chi connectivity index (χ4v) is 4.53. The maximum Gasteiger partial charge on any atom is 0.387 e. The average molecular weight is 553 g/mol. The molecule has 186 valence electrons. The number of thioether (sulfide) groups is 1. The van der Waals surface area contributed by atoms with Crippen LogP contribution in [0.5, 0.6) is 5.75 Å². The molecule has 12 heteroatoms. The van der Waals surface area contributed by atoms with Gasteiger partial charge in [0.1, 0.15) is 17.2 Å². The molecule has 0 fully saturated rings. The summed E-state index contributed by atoms with van der Waals surface area (Å²) in [5.74, 6) is -0.392. The molecule has 2 aromatic carbocycles. The summed E-state index contributed by atoms with van der Waals surface area (Å²) in [6.07, 6.45) is 1.53. The molecule has 1 aliphatic heterocycles. The van der Waals surface area contributed by atoms with Crippen molar-refractivity contribution in [2.45, 2.75) is 12.4 Å². The normalized spacial score (nSPS) is 14.5. The fourth-order valence-electron chi connectivity index (χ4n) is 3.16. The Balaban J connectivity index is 1.64. The number of furan rings is 1. The number of amides is 1. The van der Waals surface area contributed by atoms with Crippen LogP contribution < -0.4 is 9.64 Å². The van der Waals surface area contributed by atoms with Gasteiger partial charge in [-0.3, -0.25) is 9.69 Å². The smallest absolute Gasteiger partial charge is 0.387 e. The first-order valence-electron chi connectivity index (χ1n) is 10.2. The minimum absolute atomic E-state index is 0.0435. The van der Waals surface area contributed by atoms with Gasteiger partial charge in [-0.1, -0.05) is 41.0 Å². The van der Waals surface area contributed by atoms with Crippen LogP contribution in [0.15, 0.2) is 69.7 Å². The van der Waals surface area contributed by atoms with Crippen molar-refractivity contribution in [2.24, 2.45) is 4.99 Å². The number of alkyl halides is 2. The van der Waals surface area contributed by atoms with Crippen LogP contribution in [-0.2, 0) is 15.3 Å². The first kappa shape index (κ1) is 25.7. The van der Waals surface area contributed by atoms with E-state index in [4.69, 9.17) is 27.6 Å². The number of halogens is 4. The maximum atomic E-state index is 13.3. The number of esters is 1. The minimum Gasteiger partial charge on any atom is -0.463 e. The van der Waals surface area contributed by atoms with E-state index < -0.39 is 18.5 Å². The van der Waals surface area contributed by atoms with Crippen molar-refractivity contribution < 1.29 is 32.3 Å². The summed E-state index contributed by atoms with van der Waals surface area (Å²) in [4.78, 5) is 30.8. The van der Waals surface area contributed by atoms with Crippen LogP contribution in [0.4, 0.5) is 14.5 Å². The van der Waals surface area contributed by atoms with E-state index >= 15 is 0 Å². The van der Waals surface area contributed by atoms with Gasteiger partial charge in [0.25, 0.3) is 5.91 Å². The van der Waals surface area contributed by atoms with E-state index in [0.717, 1.165) is 0 Å². The Bertz CT molecular complexity index is 1360. The number of hydrogen-bond donors (Lipinski definition) is 0. The molecule has 36 heavy (non-hydrogen) atoms. The first-order chi connectivity index (χ1) is 17.2. The Morgan fingerprint density at radius 2 is 1.92 bits per heavy atom. The van der Waals surface area contributed by atoms with Crippen molar-refractivity contribution in [3.63, 3.8) is 0 Å². The fraction of sp³-hybridized carbons (Fsp3) is 0.125. The quantitative estimate of drug-likeness (QED) is 0.241. The van der Waals surface area contributed by atoms with Crippen molar-refractivity contribution >= 4 is 63.8 Å². The zero-order valence-electron chi connectivity index (χ0n) is 18.4. The Labute approximate surface area is 218 Å². The zero-order chi connectivity index (χ0) is 25.8. The number of hydrogen-bond acceptors (Lipinski definition) is 7. The molecule has 3 aromatic rings. The topological polar surface area (TPSA) is 81.3 Å². The van der Waals surface area contributed by atoms with Crippen LogP contribution in [0.2, 0.25) is 10.0 Å². The van der Waals surface area contributed by atoms with E-state index in [9.17, 15) is 18.4 Å². The summed E-state index contributed by atoms with van der Waals surface area (Å²) in [5.41, 5.74) is 1.02. The van der Waals surface area contributed by atoms with Crippen LogP contribution in [0.3, 0.4) is 0 Å². The molecular formula is C24H16Cl2F2N2O5S. The minimum atomic E-state index is -2.97. The molecule has 0 N–H and O–H groups in total. The van der Waals surface area contributed by atoms with E-state index in [1.165, 1.54) is 60.2 Å². The predicted octanol–water partition coefficient (Wildman–Crippen LogP) is 6.65. The third-order valence-corrected chi connectivity index (χ3v) is 6.32.